The Morgan fingerprint density at radius 3 is 2.56 bits per heavy atom. The van der Waals surface area contributed by atoms with E-state index in [0.29, 0.717) is 25.7 Å². The van der Waals surface area contributed by atoms with E-state index >= 15 is 0 Å². The number of nitrogens with two attached hydrogens (primary N) is 1. The third-order valence-electron chi connectivity index (χ3n) is 2.75. The van der Waals surface area contributed by atoms with Crippen LogP contribution < -0.4 is 5.73 Å². The number of rotatable bonds is 2. The van der Waals surface area contributed by atoms with E-state index in [-0.39, 0.29) is 0 Å². The maximum atomic E-state index is 5.82. The molecule has 0 atom stereocenters. The van der Waals surface area contributed by atoms with Crippen molar-refractivity contribution in [3.63, 3.8) is 0 Å². The van der Waals surface area contributed by atoms with Crippen molar-refractivity contribution in [2.24, 2.45) is 11.7 Å². The molecule has 0 spiro atoms. The predicted molar refractivity (Wildman–Crippen MR) is 65.9 cm³/mol. The van der Waals surface area contributed by atoms with Crippen LogP contribution in [0.2, 0.25) is 0 Å². The second kappa shape index (κ2) is 4.84. The minimum Gasteiger partial charge on any atom is -0.344 e. The van der Waals surface area contributed by atoms with Crippen LogP contribution in [-0.4, -0.2) is 19.8 Å². The average Bonchev–Trinajstić information content (AvgIpc) is 2.32. The van der Waals surface area contributed by atoms with Crippen LogP contribution in [0, 0.1) is 5.92 Å². The van der Waals surface area contributed by atoms with E-state index in [1.807, 2.05) is 24.3 Å². The lowest BCUT2D eigenvalue weighted by Gasteiger charge is -2.39. The molecular formula is C12H16BrNO2. The van der Waals surface area contributed by atoms with Crippen molar-refractivity contribution in [2.75, 3.05) is 19.8 Å². The van der Waals surface area contributed by atoms with E-state index in [4.69, 9.17) is 15.2 Å². The van der Waals surface area contributed by atoms with Crippen molar-refractivity contribution >= 4 is 15.9 Å². The van der Waals surface area contributed by atoms with Gasteiger partial charge in [-0.3, -0.25) is 0 Å². The summed E-state index contributed by atoms with van der Waals surface area (Å²) in [7, 11) is 0. The van der Waals surface area contributed by atoms with Crippen LogP contribution in [0.3, 0.4) is 0 Å². The fraction of sp³-hybridized carbons (Fsp3) is 0.500. The lowest BCUT2D eigenvalue weighted by molar-refractivity contribution is -0.284. The number of ether oxygens (including phenoxy) is 2. The first-order valence-electron chi connectivity index (χ1n) is 5.41. The fourth-order valence-corrected chi connectivity index (χ4v) is 2.38. The highest BCUT2D eigenvalue weighted by Gasteiger charge is 2.38. The summed E-state index contributed by atoms with van der Waals surface area (Å²) in [4.78, 5) is 0. The molecule has 4 heteroatoms. The molecule has 1 fully saturated rings. The first-order valence-corrected chi connectivity index (χ1v) is 6.20. The van der Waals surface area contributed by atoms with E-state index in [9.17, 15) is 0 Å². The Labute approximate surface area is 104 Å². The quantitative estimate of drug-likeness (QED) is 0.907. The molecule has 0 aromatic heterocycles. The first kappa shape index (κ1) is 12.0. The molecule has 0 bridgehead atoms. The summed E-state index contributed by atoms with van der Waals surface area (Å²) in [6.45, 7) is 3.78. The SMILES string of the molecule is CC1COC(CN)(c2ccccc2Br)OC1. The van der Waals surface area contributed by atoms with Crippen molar-refractivity contribution in [3.05, 3.63) is 34.3 Å². The molecular weight excluding hydrogens is 270 g/mol. The molecule has 0 radical (unpaired) electrons. The second-order valence-corrected chi connectivity index (χ2v) is 5.02. The maximum Gasteiger partial charge on any atom is 0.208 e. The van der Waals surface area contributed by atoms with Gasteiger partial charge < -0.3 is 15.2 Å². The van der Waals surface area contributed by atoms with E-state index in [0.717, 1.165) is 10.0 Å². The van der Waals surface area contributed by atoms with Gasteiger partial charge in [0.2, 0.25) is 5.79 Å². The monoisotopic (exact) mass is 285 g/mol. The standard InChI is InChI=1S/C12H16BrNO2/c1-9-6-15-12(8-14,16-7-9)10-4-2-3-5-11(10)13/h2-5,9H,6-8,14H2,1H3. The molecule has 2 N–H and O–H groups in total. The Morgan fingerprint density at radius 2 is 2.00 bits per heavy atom. The summed E-state index contributed by atoms with van der Waals surface area (Å²) in [5.41, 5.74) is 6.78. The second-order valence-electron chi connectivity index (χ2n) is 4.16. The zero-order valence-electron chi connectivity index (χ0n) is 9.28. The van der Waals surface area contributed by atoms with Gasteiger partial charge in [0.05, 0.1) is 19.8 Å². The van der Waals surface area contributed by atoms with Crippen molar-refractivity contribution in [1.29, 1.82) is 0 Å². The number of benzene rings is 1. The predicted octanol–water partition coefficient (Wildman–Crippen LogP) is 2.24. The van der Waals surface area contributed by atoms with Gasteiger partial charge in [-0.25, -0.2) is 0 Å². The minimum absolute atomic E-state index is 0.322. The van der Waals surface area contributed by atoms with E-state index in [1.54, 1.807) is 0 Å². The third kappa shape index (κ3) is 2.15. The lowest BCUT2D eigenvalue weighted by Crippen LogP contribution is -2.46. The van der Waals surface area contributed by atoms with Gasteiger partial charge in [0.15, 0.2) is 0 Å². The lowest BCUT2D eigenvalue weighted by atomic mass is 10.0. The fourth-order valence-electron chi connectivity index (χ4n) is 1.80. The Hall–Kier alpha value is -0.420. The zero-order chi connectivity index (χ0) is 11.6. The van der Waals surface area contributed by atoms with Crippen LogP contribution in [0.5, 0.6) is 0 Å². The van der Waals surface area contributed by atoms with E-state index in [2.05, 4.69) is 22.9 Å². The summed E-state index contributed by atoms with van der Waals surface area (Å²) in [6.07, 6.45) is 0. The van der Waals surface area contributed by atoms with Gasteiger partial charge >= 0.3 is 0 Å². The highest BCUT2D eigenvalue weighted by molar-refractivity contribution is 9.10. The van der Waals surface area contributed by atoms with Crippen LogP contribution in [0.25, 0.3) is 0 Å². The Morgan fingerprint density at radius 1 is 1.38 bits per heavy atom. The Bertz CT molecular complexity index is 362. The molecule has 0 aliphatic carbocycles. The Balaban J connectivity index is 2.32. The van der Waals surface area contributed by atoms with Gasteiger partial charge in [-0.1, -0.05) is 41.1 Å². The first-order chi connectivity index (χ1) is 7.68. The average molecular weight is 286 g/mol. The summed E-state index contributed by atoms with van der Waals surface area (Å²) in [5.74, 6) is -0.366. The zero-order valence-corrected chi connectivity index (χ0v) is 10.9. The molecule has 3 nitrogen and oxygen atoms in total. The van der Waals surface area contributed by atoms with Gasteiger partial charge in [0, 0.05) is 16.0 Å². The largest absolute Gasteiger partial charge is 0.344 e. The van der Waals surface area contributed by atoms with Gasteiger partial charge in [-0.2, -0.15) is 0 Å². The van der Waals surface area contributed by atoms with Gasteiger partial charge in [-0.05, 0) is 6.07 Å². The number of hydrogen-bond acceptors (Lipinski definition) is 3. The molecule has 1 aromatic carbocycles. The summed E-state index contributed by atoms with van der Waals surface area (Å²) >= 11 is 3.51. The number of halogens is 1. The Kier molecular flexibility index (Phi) is 3.64. The highest BCUT2D eigenvalue weighted by atomic mass is 79.9. The van der Waals surface area contributed by atoms with Crippen LogP contribution in [0.1, 0.15) is 12.5 Å². The smallest absolute Gasteiger partial charge is 0.208 e. The molecule has 88 valence electrons. The molecule has 16 heavy (non-hydrogen) atoms. The molecule has 1 saturated heterocycles. The van der Waals surface area contributed by atoms with Gasteiger partial charge in [0.1, 0.15) is 0 Å². The molecule has 0 unspecified atom stereocenters. The molecule has 0 saturated carbocycles. The van der Waals surface area contributed by atoms with E-state index < -0.39 is 5.79 Å². The van der Waals surface area contributed by atoms with Crippen molar-refractivity contribution in [3.8, 4) is 0 Å². The molecule has 1 aliphatic heterocycles. The van der Waals surface area contributed by atoms with Crippen LogP contribution >= 0.6 is 15.9 Å². The highest BCUT2D eigenvalue weighted by Crippen LogP contribution is 2.35. The van der Waals surface area contributed by atoms with Crippen LogP contribution in [0.15, 0.2) is 28.7 Å². The maximum absolute atomic E-state index is 5.82. The molecule has 0 amide bonds. The van der Waals surface area contributed by atoms with Gasteiger partial charge in [0.25, 0.3) is 0 Å². The van der Waals surface area contributed by atoms with Crippen LogP contribution in [-0.2, 0) is 15.3 Å². The topological polar surface area (TPSA) is 44.5 Å². The van der Waals surface area contributed by atoms with Crippen molar-refractivity contribution in [1.82, 2.24) is 0 Å². The van der Waals surface area contributed by atoms with E-state index in [1.165, 1.54) is 0 Å². The van der Waals surface area contributed by atoms with Gasteiger partial charge in [-0.15, -0.1) is 0 Å². The summed E-state index contributed by atoms with van der Waals surface area (Å²) in [6, 6.07) is 7.87. The molecule has 1 aromatic rings. The van der Waals surface area contributed by atoms with Crippen LogP contribution in [0.4, 0.5) is 0 Å². The van der Waals surface area contributed by atoms with Crippen molar-refractivity contribution in [2.45, 2.75) is 12.7 Å². The third-order valence-corrected chi connectivity index (χ3v) is 3.45. The molecule has 1 aliphatic rings. The molecule has 2 rings (SSSR count). The summed E-state index contributed by atoms with van der Waals surface area (Å²) in [5, 5.41) is 0. The van der Waals surface area contributed by atoms with Crippen molar-refractivity contribution < 1.29 is 9.47 Å². The minimum atomic E-state index is -0.785. The molecule has 1 heterocycles. The normalized spacial score (nSPS) is 30.3. The number of hydrogen-bond donors (Lipinski definition) is 1. The summed E-state index contributed by atoms with van der Waals surface area (Å²) < 4.78 is 12.6.